The molecular weight excluding hydrogens is 400 g/mol. The average Bonchev–Trinajstić information content (AvgIpc) is 2.59. The van der Waals surface area contributed by atoms with Crippen LogP contribution in [0.2, 0.25) is 5.02 Å². The Kier molecular flexibility index (Phi) is 5.11. The zero-order valence-corrected chi connectivity index (χ0v) is 15.9. The highest BCUT2D eigenvalue weighted by molar-refractivity contribution is 9.10. The summed E-state index contributed by atoms with van der Waals surface area (Å²) in [4.78, 5) is 12.8. The number of rotatable bonds is 4. The van der Waals surface area contributed by atoms with Crippen molar-refractivity contribution in [2.75, 3.05) is 11.1 Å². The Morgan fingerprint density at radius 3 is 2.52 bits per heavy atom. The summed E-state index contributed by atoms with van der Waals surface area (Å²) in [5, 5.41) is 3.60. The SMILES string of the molecule is Cc1ccc(Br)cc1C(=O)c1ccc(Nc2ccccc2N)cc1Cl. The van der Waals surface area contributed by atoms with Crippen molar-refractivity contribution in [1.82, 2.24) is 0 Å². The van der Waals surface area contributed by atoms with Crippen LogP contribution in [-0.4, -0.2) is 5.78 Å². The summed E-state index contributed by atoms with van der Waals surface area (Å²) in [6.45, 7) is 1.90. The fraction of sp³-hybridized carbons (Fsp3) is 0.0500. The van der Waals surface area contributed by atoms with Gasteiger partial charge in [0, 0.05) is 21.3 Å². The molecule has 5 heteroatoms. The van der Waals surface area contributed by atoms with E-state index in [2.05, 4.69) is 21.2 Å². The van der Waals surface area contributed by atoms with E-state index in [0.717, 1.165) is 21.4 Å². The van der Waals surface area contributed by atoms with Crippen LogP contribution in [0.5, 0.6) is 0 Å². The van der Waals surface area contributed by atoms with E-state index in [4.69, 9.17) is 17.3 Å². The molecule has 0 amide bonds. The van der Waals surface area contributed by atoms with Crippen LogP contribution < -0.4 is 11.1 Å². The number of benzene rings is 3. The van der Waals surface area contributed by atoms with Crippen LogP contribution in [0.3, 0.4) is 0 Å². The zero-order valence-electron chi connectivity index (χ0n) is 13.5. The Hall–Kier alpha value is -2.30. The third-order valence-corrected chi connectivity index (χ3v) is 4.70. The quantitative estimate of drug-likeness (QED) is 0.408. The van der Waals surface area contributed by atoms with Crippen molar-refractivity contribution >= 4 is 50.4 Å². The van der Waals surface area contributed by atoms with Gasteiger partial charge in [-0.1, -0.05) is 45.7 Å². The highest BCUT2D eigenvalue weighted by atomic mass is 79.9. The third kappa shape index (κ3) is 3.86. The van der Waals surface area contributed by atoms with E-state index in [1.54, 1.807) is 12.1 Å². The Morgan fingerprint density at radius 1 is 1.04 bits per heavy atom. The van der Waals surface area contributed by atoms with Crippen molar-refractivity contribution in [2.24, 2.45) is 0 Å². The first-order chi connectivity index (χ1) is 12.0. The van der Waals surface area contributed by atoms with Crippen LogP contribution >= 0.6 is 27.5 Å². The lowest BCUT2D eigenvalue weighted by Crippen LogP contribution is -2.05. The number of nitrogens with one attached hydrogen (secondary N) is 1. The molecular formula is C20H16BrClN2O. The van der Waals surface area contributed by atoms with Crippen LogP contribution in [0.4, 0.5) is 17.1 Å². The Bertz CT molecular complexity index is 956. The minimum atomic E-state index is -0.102. The van der Waals surface area contributed by atoms with Gasteiger partial charge < -0.3 is 11.1 Å². The molecule has 0 heterocycles. The second-order valence-electron chi connectivity index (χ2n) is 5.70. The van der Waals surface area contributed by atoms with E-state index in [1.165, 1.54) is 0 Å². The van der Waals surface area contributed by atoms with Gasteiger partial charge in [-0.05, 0) is 55.0 Å². The number of halogens is 2. The summed E-state index contributed by atoms with van der Waals surface area (Å²) in [5.41, 5.74) is 10.1. The van der Waals surface area contributed by atoms with Crippen LogP contribution in [0.1, 0.15) is 21.5 Å². The second-order valence-corrected chi connectivity index (χ2v) is 7.02. The molecule has 0 fully saturated rings. The molecule has 3 aromatic rings. The van der Waals surface area contributed by atoms with Gasteiger partial charge >= 0.3 is 0 Å². The Balaban J connectivity index is 1.91. The number of aryl methyl sites for hydroxylation is 1. The first kappa shape index (κ1) is 17.5. The van der Waals surface area contributed by atoms with E-state index < -0.39 is 0 Å². The lowest BCUT2D eigenvalue weighted by Gasteiger charge is -2.12. The number of carbonyl (C=O) groups excluding carboxylic acids is 1. The molecule has 3 rings (SSSR count). The summed E-state index contributed by atoms with van der Waals surface area (Å²) in [6, 6.07) is 18.4. The molecule has 0 unspecified atom stereocenters. The highest BCUT2D eigenvalue weighted by Crippen LogP contribution is 2.29. The highest BCUT2D eigenvalue weighted by Gasteiger charge is 2.16. The van der Waals surface area contributed by atoms with Crippen LogP contribution in [0.25, 0.3) is 0 Å². The van der Waals surface area contributed by atoms with Gasteiger partial charge in [-0.15, -0.1) is 0 Å². The maximum absolute atomic E-state index is 12.8. The molecule has 0 bridgehead atoms. The Morgan fingerprint density at radius 2 is 1.80 bits per heavy atom. The second kappa shape index (κ2) is 7.30. The molecule has 0 atom stereocenters. The molecule has 0 aliphatic carbocycles. The molecule has 126 valence electrons. The maximum Gasteiger partial charge on any atom is 0.194 e. The van der Waals surface area contributed by atoms with Crippen LogP contribution in [-0.2, 0) is 0 Å². The molecule has 0 aliphatic rings. The molecule has 0 aromatic heterocycles. The normalized spacial score (nSPS) is 10.5. The topological polar surface area (TPSA) is 55.1 Å². The monoisotopic (exact) mass is 414 g/mol. The predicted octanol–water partition coefficient (Wildman–Crippen LogP) is 5.97. The van der Waals surface area contributed by atoms with Crippen molar-refractivity contribution in [3.05, 3.63) is 86.8 Å². The molecule has 3 N–H and O–H groups in total. The molecule has 0 aliphatic heterocycles. The first-order valence-corrected chi connectivity index (χ1v) is 8.85. The van der Waals surface area contributed by atoms with E-state index >= 15 is 0 Å². The number of carbonyl (C=O) groups is 1. The van der Waals surface area contributed by atoms with Crippen molar-refractivity contribution in [3.8, 4) is 0 Å². The van der Waals surface area contributed by atoms with Gasteiger partial charge in [0.05, 0.1) is 16.4 Å². The number of hydrogen-bond acceptors (Lipinski definition) is 3. The summed E-state index contributed by atoms with van der Waals surface area (Å²) >= 11 is 9.77. The molecule has 0 saturated carbocycles. The van der Waals surface area contributed by atoms with Gasteiger partial charge in [-0.3, -0.25) is 4.79 Å². The van der Waals surface area contributed by atoms with Crippen LogP contribution in [0, 0.1) is 6.92 Å². The van der Waals surface area contributed by atoms with E-state index in [1.807, 2.05) is 55.5 Å². The lowest BCUT2D eigenvalue weighted by molar-refractivity contribution is 0.103. The largest absolute Gasteiger partial charge is 0.397 e. The standard InChI is InChI=1S/C20H16BrClN2O/c1-12-6-7-13(21)10-16(12)20(25)15-9-8-14(11-17(15)22)24-19-5-3-2-4-18(19)23/h2-11,24H,23H2,1H3. The minimum Gasteiger partial charge on any atom is -0.397 e. The smallest absolute Gasteiger partial charge is 0.194 e. The molecule has 0 saturated heterocycles. The predicted molar refractivity (Wildman–Crippen MR) is 108 cm³/mol. The minimum absolute atomic E-state index is 0.102. The van der Waals surface area contributed by atoms with Crippen molar-refractivity contribution in [1.29, 1.82) is 0 Å². The van der Waals surface area contributed by atoms with Gasteiger partial charge in [0.25, 0.3) is 0 Å². The van der Waals surface area contributed by atoms with Gasteiger partial charge in [0.2, 0.25) is 0 Å². The molecule has 0 spiro atoms. The number of para-hydroxylation sites is 2. The van der Waals surface area contributed by atoms with Gasteiger partial charge in [-0.25, -0.2) is 0 Å². The number of nitrogens with two attached hydrogens (primary N) is 1. The summed E-state index contributed by atoms with van der Waals surface area (Å²) < 4.78 is 0.857. The van der Waals surface area contributed by atoms with E-state index in [9.17, 15) is 4.79 Å². The summed E-state index contributed by atoms with van der Waals surface area (Å²) in [6.07, 6.45) is 0. The van der Waals surface area contributed by atoms with Gasteiger partial charge in [0.15, 0.2) is 5.78 Å². The average molecular weight is 416 g/mol. The molecule has 3 aromatic carbocycles. The number of ketones is 1. The van der Waals surface area contributed by atoms with Crippen molar-refractivity contribution in [3.63, 3.8) is 0 Å². The third-order valence-electron chi connectivity index (χ3n) is 3.90. The van der Waals surface area contributed by atoms with Crippen LogP contribution in [0.15, 0.2) is 65.1 Å². The van der Waals surface area contributed by atoms with E-state index in [0.29, 0.717) is 21.8 Å². The van der Waals surface area contributed by atoms with Crippen molar-refractivity contribution < 1.29 is 4.79 Å². The molecule has 25 heavy (non-hydrogen) atoms. The maximum atomic E-state index is 12.8. The van der Waals surface area contributed by atoms with E-state index in [-0.39, 0.29) is 5.78 Å². The van der Waals surface area contributed by atoms with Crippen molar-refractivity contribution in [2.45, 2.75) is 6.92 Å². The molecule has 3 nitrogen and oxygen atoms in total. The van der Waals surface area contributed by atoms with Gasteiger partial charge in [-0.2, -0.15) is 0 Å². The summed E-state index contributed by atoms with van der Waals surface area (Å²) in [7, 11) is 0. The lowest BCUT2D eigenvalue weighted by atomic mass is 9.99. The molecule has 0 radical (unpaired) electrons. The number of nitrogen functional groups attached to an aromatic ring is 1. The van der Waals surface area contributed by atoms with Gasteiger partial charge in [0.1, 0.15) is 0 Å². The summed E-state index contributed by atoms with van der Waals surface area (Å²) in [5.74, 6) is -0.102. The number of hydrogen-bond donors (Lipinski definition) is 2. The number of anilines is 3. The zero-order chi connectivity index (χ0) is 18.0. The Labute approximate surface area is 159 Å². The fourth-order valence-electron chi connectivity index (χ4n) is 2.53. The fourth-order valence-corrected chi connectivity index (χ4v) is 3.15. The first-order valence-electron chi connectivity index (χ1n) is 7.67.